The second kappa shape index (κ2) is 17.1. The van der Waals surface area contributed by atoms with E-state index in [1.165, 1.54) is 88.0 Å². The SMILES string of the molecule is C1=Cc2ccccc2N(c2ccc(-c3ccc([Si](c4ccccc4)(c4ccccc4)c4ccc(-c5ccc(N6c7ccccc7C=Cc7ccccc76)cc5)cc4)cc3)cc2)c2ccccc21. The summed E-state index contributed by atoms with van der Waals surface area (Å²) in [5.41, 5.74) is 16.5. The normalized spacial score (nSPS) is 12.6. The first kappa shape index (κ1) is 40.0. The first-order chi connectivity index (χ1) is 33.2. The van der Waals surface area contributed by atoms with Gasteiger partial charge in [0.05, 0.1) is 22.7 Å². The summed E-state index contributed by atoms with van der Waals surface area (Å²) in [4.78, 5) is 4.76. The fourth-order valence-electron chi connectivity index (χ4n) is 10.3. The van der Waals surface area contributed by atoms with Crippen LogP contribution in [0.25, 0.3) is 46.6 Å². The molecule has 2 aliphatic heterocycles. The smallest absolute Gasteiger partial charge is 0.179 e. The minimum Gasteiger partial charge on any atom is -0.309 e. The minimum absolute atomic E-state index is 1.13. The van der Waals surface area contributed by atoms with Crippen molar-refractivity contribution in [3.8, 4) is 22.3 Å². The summed E-state index contributed by atoms with van der Waals surface area (Å²) in [5.74, 6) is 0. The van der Waals surface area contributed by atoms with E-state index < -0.39 is 8.07 Å². The lowest BCUT2D eigenvalue weighted by Gasteiger charge is -2.34. The molecule has 2 nitrogen and oxygen atoms in total. The third-order valence-electron chi connectivity index (χ3n) is 13.6. The first-order valence-electron chi connectivity index (χ1n) is 23.1. The topological polar surface area (TPSA) is 6.48 Å². The van der Waals surface area contributed by atoms with Crippen LogP contribution in [0.1, 0.15) is 22.3 Å². The van der Waals surface area contributed by atoms with Crippen LogP contribution in [0, 0.1) is 0 Å². The molecule has 0 radical (unpaired) electrons. The van der Waals surface area contributed by atoms with Crippen LogP contribution < -0.4 is 30.5 Å². The van der Waals surface area contributed by atoms with E-state index in [9.17, 15) is 0 Å². The van der Waals surface area contributed by atoms with Crippen LogP contribution in [0.4, 0.5) is 34.1 Å². The zero-order valence-electron chi connectivity index (χ0n) is 37.0. The third kappa shape index (κ3) is 7.14. The molecule has 67 heavy (non-hydrogen) atoms. The predicted octanol–water partition coefficient (Wildman–Crippen LogP) is 14.3. The Morgan fingerprint density at radius 1 is 0.209 bits per heavy atom. The lowest BCUT2D eigenvalue weighted by atomic mass is 10.0. The molecule has 10 aromatic rings. The number of hydrogen-bond acceptors (Lipinski definition) is 2. The molecule has 3 heteroatoms. The zero-order chi connectivity index (χ0) is 44.6. The largest absolute Gasteiger partial charge is 0.309 e. The van der Waals surface area contributed by atoms with Crippen molar-refractivity contribution in [2.45, 2.75) is 0 Å². The molecule has 2 heterocycles. The lowest BCUT2D eigenvalue weighted by molar-refractivity contribution is 1.28. The maximum absolute atomic E-state index is 2.78. The van der Waals surface area contributed by atoms with Crippen molar-refractivity contribution in [2.24, 2.45) is 0 Å². The van der Waals surface area contributed by atoms with Gasteiger partial charge >= 0.3 is 0 Å². The van der Waals surface area contributed by atoms with Gasteiger partial charge in [0, 0.05) is 11.4 Å². The van der Waals surface area contributed by atoms with Crippen LogP contribution >= 0.6 is 0 Å². The Bertz CT molecular complexity index is 3100. The Morgan fingerprint density at radius 3 is 0.746 bits per heavy atom. The van der Waals surface area contributed by atoms with E-state index in [1.54, 1.807) is 0 Å². The van der Waals surface area contributed by atoms with Crippen LogP contribution in [0.15, 0.2) is 255 Å². The summed E-state index contributed by atoms with van der Waals surface area (Å²) in [5, 5.41) is 5.41. The van der Waals surface area contributed by atoms with Crippen LogP contribution in [-0.2, 0) is 0 Å². The van der Waals surface area contributed by atoms with Gasteiger partial charge in [0.15, 0.2) is 8.07 Å². The van der Waals surface area contributed by atoms with Crippen molar-refractivity contribution in [3.05, 3.63) is 277 Å². The molecule has 0 saturated heterocycles. The van der Waals surface area contributed by atoms with Gasteiger partial charge in [0.2, 0.25) is 0 Å². The molecular weight excluding hydrogens is 825 g/mol. The van der Waals surface area contributed by atoms with E-state index in [2.05, 4.69) is 289 Å². The van der Waals surface area contributed by atoms with Gasteiger partial charge in [-0.05, 0) is 114 Å². The molecule has 0 aliphatic carbocycles. The fourth-order valence-corrected chi connectivity index (χ4v) is 15.0. The van der Waals surface area contributed by atoms with Crippen molar-refractivity contribution in [1.29, 1.82) is 0 Å². The van der Waals surface area contributed by atoms with E-state index in [0.29, 0.717) is 0 Å². The summed E-state index contributed by atoms with van der Waals surface area (Å²) < 4.78 is 0. The molecule has 0 aromatic heterocycles. The molecule has 0 bridgehead atoms. The van der Waals surface area contributed by atoms with E-state index in [-0.39, 0.29) is 0 Å². The van der Waals surface area contributed by atoms with Gasteiger partial charge in [-0.2, -0.15) is 0 Å². The van der Waals surface area contributed by atoms with Gasteiger partial charge in [-0.15, -0.1) is 0 Å². The molecule has 0 N–H and O–H groups in total. The van der Waals surface area contributed by atoms with E-state index >= 15 is 0 Å². The second-order valence-electron chi connectivity index (χ2n) is 17.3. The van der Waals surface area contributed by atoms with Crippen LogP contribution in [0.2, 0.25) is 0 Å². The van der Waals surface area contributed by atoms with Gasteiger partial charge in [-0.25, -0.2) is 0 Å². The quantitative estimate of drug-likeness (QED) is 0.111. The summed E-state index contributed by atoms with van der Waals surface area (Å²) in [6.45, 7) is 0. The Hall–Kier alpha value is -8.50. The highest BCUT2D eigenvalue weighted by molar-refractivity contribution is 7.19. The molecule has 0 spiro atoms. The first-order valence-corrected chi connectivity index (χ1v) is 25.1. The number of nitrogens with zero attached hydrogens (tertiary/aromatic N) is 2. The summed E-state index contributed by atoms with van der Waals surface area (Å²) >= 11 is 0. The molecule has 0 atom stereocenters. The highest BCUT2D eigenvalue weighted by atomic mass is 28.3. The lowest BCUT2D eigenvalue weighted by Crippen LogP contribution is -2.74. The highest BCUT2D eigenvalue weighted by Gasteiger charge is 2.41. The number of para-hydroxylation sites is 4. The molecule has 0 fully saturated rings. The second-order valence-corrected chi connectivity index (χ2v) is 21.1. The van der Waals surface area contributed by atoms with Gasteiger partial charge in [-0.3, -0.25) is 0 Å². The monoisotopic (exact) mass is 870 g/mol. The Kier molecular flexibility index (Phi) is 10.2. The zero-order valence-corrected chi connectivity index (χ0v) is 38.0. The number of benzene rings is 10. The standard InChI is InChI=1S/C64H46N2Si/c1-3-19-57(20-4-1)67(58-21-5-2-6-22-58,59-43-35-49(36-44-59)47-31-39-55(40-32-47)65-61-23-11-7-15-51(61)27-28-52-16-8-12-24-62(52)65)60-45-37-50(38-46-60)48-33-41-56(42-34-48)66-63-25-13-9-17-53(63)29-30-54-18-10-14-26-64(54)66/h1-46H. The Balaban J connectivity index is 0.897. The van der Waals surface area contributed by atoms with Crippen molar-refractivity contribution in [2.75, 3.05) is 9.80 Å². The van der Waals surface area contributed by atoms with Crippen molar-refractivity contribution >= 4 is 87.2 Å². The minimum atomic E-state index is -2.78. The van der Waals surface area contributed by atoms with Crippen LogP contribution in [0.3, 0.4) is 0 Å². The van der Waals surface area contributed by atoms with Crippen molar-refractivity contribution in [1.82, 2.24) is 0 Å². The van der Waals surface area contributed by atoms with Gasteiger partial charge in [0.25, 0.3) is 0 Å². The molecule has 10 aromatic carbocycles. The fraction of sp³-hybridized carbons (Fsp3) is 0. The van der Waals surface area contributed by atoms with Gasteiger partial charge in [0.1, 0.15) is 0 Å². The maximum Gasteiger partial charge on any atom is 0.179 e. The van der Waals surface area contributed by atoms with Crippen LogP contribution in [0.5, 0.6) is 0 Å². The summed E-state index contributed by atoms with van der Waals surface area (Å²) in [7, 11) is -2.78. The molecule has 12 rings (SSSR count). The molecular formula is C64H46N2Si. The Labute approximate surface area is 394 Å². The van der Waals surface area contributed by atoms with E-state index in [4.69, 9.17) is 0 Å². The molecule has 0 unspecified atom stereocenters. The average Bonchev–Trinajstić information content (AvgIpc) is 3.68. The van der Waals surface area contributed by atoms with E-state index in [1.807, 2.05) is 0 Å². The number of anilines is 6. The summed E-state index contributed by atoms with van der Waals surface area (Å²) in [6.07, 6.45) is 8.89. The number of fused-ring (bicyclic) bond motifs is 4. The van der Waals surface area contributed by atoms with Crippen LogP contribution in [-0.4, -0.2) is 8.07 Å². The Morgan fingerprint density at radius 2 is 0.448 bits per heavy atom. The molecule has 316 valence electrons. The van der Waals surface area contributed by atoms with Crippen molar-refractivity contribution < 1.29 is 0 Å². The van der Waals surface area contributed by atoms with E-state index in [0.717, 1.165) is 11.4 Å². The molecule has 0 amide bonds. The third-order valence-corrected chi connectivity index (χ3v) is 18.4. The predicted molar refractivity (Wildman–Crippen MR) is 288 cm³/mol. The van der Waals surface area contributed by atoms with Gasteiger partial charge < -0.3 is 9.80 Å². The average molecular weight is 871 g/mol. The molecule has 0 saturated carbocycles. The van der Waals surface area contributed by atoms with Gasteiger partial charge in [-0.1, -0.05) is 231 Å². The molecule has 2 aliphatic rings. The number of rotatable bonds is 8. The maximum atomic E-state index is 2.39. The van der Waals surface area contributed by atoms with Crippen molar-refractivity contribution in [3.63, 3.8) is 0 Å². The highest BCUT2D eigenvalue weighted by Crippen LogP contribution is 2.44. The summed E-state index contributed by atoms with van der Waals surface area (Å²) in [6, 6.07) is 93.9. The number of hydrogen-bond donors (Lipinski definition) is 0.